The van der Waals surface area contributed by atoms with Crippen molar-refractivity contribution in [3.8, 4) is 0 Å². The maximum atomic E-state index is 11.1. The fourth-order valence-corrected chi connectivity index (χ4v) is 2.56. The minimum absolute atomic E-state index is 0.0796. The maximum Gasteiger partial charge on any atom is 0.311 e. The van der Waals surface area contributed by atoms with Gasteiger partial charge in [-0.1, -0.05) is 6.92 Å². The first-order chi connectivity index (χ1) is 9.02. The number of nitrogens with zero attached hydrogens (tertiary/aromatic N) is 3. The van der Waals surface area contributed by atoms with Crippen molar-refractivity contribution < 1.29 is 4.92 Å². The summed E-state index contributed by atoms with van der Waals surface area (Å²) in [7, 11) is 0. The molecule has 6 heteroatoms. The predicted molar refractivity (Wildman–Crippen MR) is 74.2 cm³/mol. The van der Waals surface area contributed by atoms with E-state index < -0.39 is 0 Å². The Labute approximate surface area is 112 Å². The van der Waals surface area contributed by atoms with Gasteiger partial charge in [-0.05, 0) is 37.8 Å². The molecule has 1 fully saturated rings. The summed E-state index contributed by atoms with van der Waals surface area (Å²) >= 11 is 0. The summed E-state index contributed by atoms with van der Waals surface area (Å²) in [6.45, 7) is 6.19. The lowest BCUT2D eigenvalue weighted by Gasteiger charge is -2.37. The van der Waals surface area contributed by atoms with Crippen LogP contribution in [0.2, 0.25) is 0 Å². The average Bonchev–Trinajstić information content (AvgIpc) is 2.38. The van der Waals surface area contributed by atoms with Crippen molar-refractivity contribution in [2.75, 3.05) is 24.5 Å². The first-order valence-corrected chi connectivity index (χ1v) is 6.60. The van der Waals surface area contributed by atoms with Gasteiger partial charge in [0.1, 0.15) is 0 Å². The summed E-state index contributed by atoms with van der Waals surface area (Å²) in [4.78, 5) is 17.1. The number of aromatic nitrogens is 1. The third-order valence-electron chi connectivity index (χ3n) is 3.91. The highest BCUT2D eigenvalue weighted by molar-refractivity contribution is 5.58. The molecule has 1 saturated heterocycles. The molecule has 2 N–H and O–H groups in total. The third-order valence-corrected chi connectivity index (χ3v) is 3.91. The summed E-state index contributed by atoms with van der Waals surface area (Å²) in [6, 6.07) is 3.21. The van der Waals surface area contributed by atoms with E-state index in [-0.39, 0.29) is 10.6 Å². The lowest BCUT2D eigenvalue weighted by Crippen LogP contribution is -2.43. The molecule has 1 aliphatic heterocycles. The standard InChI is InChI=1S/C13H20N4O2/c1-9-5-6-16(8-11(9)7-14)13-12(17(18)19)4-3-10(2)15-13/h3-4,9,11H,5-8,14H2,1-2H3. The van der Waals surface area contributed by atoms with Crippen LogP contribution in [0.5, 0.6) is 0 Å². The molecule has 1 aromatic rings. The zero-order chi connectivity index (χ0) is 14.0. The van der Waals surface area contributed by atoms with Crippen LogP contribution in [0.25, 0.3) is 0 Å². The lowest BCUT2D eigenvalue weighted by atomic mass is 9.87. The number of aryl methyl sites for hydroxylation is 1. The van der Waals surface area contributed by atoms with Gasteiger partial charge < -0.3 is 10.6 Å². The van der Waals surface area contributed by atoms with Gasteiger partial charge in [-0.15, -0.1) is 0 Å². The van der Waals surface area contributed by atoms with Crippen LogP contribution in [0.4, 0.5) is 11.5 Å². The van der Waals surface area contributed by atoms with Crippen molar-refractivity contribution in [3.05, 3.63) is 27.9 Å². The second kappa shape index (κ2) is 5.52. The molecule has 1 aromatic heterocycles. The normalized spacial score (nSPS) is 23.4. The maximum absolute atomic E-state index is 11.1. The van der Waals surface area contributed by atoms with Crippen LogP contribution in [0.15, 0.2) is 12.1 Å². The summed E-state index contributed by atoms with van der Waals surface area (Å²) in [5, 5.41) is 11.1. The van der Waals surface area contributed by atoms with Gasteiger partial charge in [0.15, 0.2) is 0 Å². The number of piperidine rings is 1. The highest BCUT2D eigenvalue weighted by Crippen LogP contribution is 2.31. The number of nitro groups is 1. The van der Waals surface area contributed by atoms with Gasteiger partial charge in [0.2, 0.25) is 5.82 Å². The largest absolute Gasteiger partial charge is 0.351 e. The van der Waals surface area contributed by atoms with Gasteiger partial charge in [-0.3, -0.25) is 10.1 Å². The number of nitrogens with two attached hydrogens (primary N) is 1. The second-order valence-corrected chi connectivity index (χ2v) is 5.26. The SMILES string of the molecule is Cc1ccc([N+](=O)[O-])c(N2CCC(C)C(CN)C2)n1. The highest BCUT2D eigenvalue weighted by atomic mass is 16.6. The Morgan fingerprint density at radius 2 is 2.32 bits per heavy atom. The minimum atomic E-state index is -0.364. The molecule has 1 aliphatic rings. The Morgan fingerprint density at radius 3 is 2.95 bits per heavy atom. The third kappa shape index (κ3) is 2.84. The second-order valence-electron chi connectivity index (χ2n) is 5.26. The fourth-order valence-electron chi connectivity index (χ4n) is 2.56. The molecule has 0 spiro atoms. The molecular weight excluding hydrogens is 244 g/mol. The number of hydrogen-bond donors (Lipinski definition) is 1. The zero-order valence-electron chi connectivity index (χ0n) is 11.4. The molecule has 0 aromatic carbocycles. The molecule has 2 rings (SSSR count). The van der Waals surface area contributed by atoms with Crippen molar-refractivity contribution in [1.29, 1.82) is 0 Å². The summed E-state index contributed by atoms with van der Waals surface area (Å²) in [5.41, 5.74) is 6.66. The molecule has 0 saturated carbocycles. The Balaban J connectivity index is 2.31. The van der Waals surface area contributed by atoms with Gasteiger partial charge in [-0.25, -0.2) is 4.98 Å². The van der Waals surface area contributed by atoms with E-state index in [2.05, 4.69) is 11.9 Å². The quantitative estimate of drug-likeness (QED) is 0.663. The van der Waals surface area contributed by atoms with Crippen molar-refractivity contribution >= 4 is 11.5 Å². The Morgan fingerprint density at radius 1 is 1.58 bits per heavy atom. The first kappa shape index (κ1) is 13.7. The molecule has 2 atom stereocenters. The monoisotopic (exact) mass is 264 g/mol. The zero-order valence-corrected chi connectivity index (χ0v) is 11.4. The van der Waals surface area contributed by atoms with E-state index in [4.69, 9.17) is 5.73 Å². The molecule has 2 heterocycles. The van der Waals surface area contributed by atoms with Crippen molar-refractivity contribution in [2.45, 2.75) is 20.3 Å². The molecular formula is C13H20N4O2. The average molecular weight is 264 g/mol. The molecule has 0 bridgehead atoms. The Hall–Kier alpha value is -1.69. The van der Waals surface area contributed by atoms with E-state index in [0.717, 1.165) is 25.2 Å². The van der Waals surface area contributed by atoms with E-state index in [1.54, 1.807) is 6.07 Å². The van der Waals surface area contributed by atoms with Gasteiger partial charge >= 0.3 is 5.69 Å². The van der Waals surface area contributed by atoms with Crippen LogP contribution in [0.1, 0.15) is 19.0 Å². The fraction of sp³-hybridized carbons (Fsp3) is 0.615. The van der Waals surface area contributed by atoms with Gasteiger partial charge in [0.05, 0.1) is 4.92 Å². The lowest BCUT2D eigenvalue weighted by molar-refractivity contribution is -0.384. The van der Waals surface area contributed by atoms with E-state index >= 15 is 0 Å². The highest BCUT2D eigenvalue weighted by Gasteiger charge is 2.29. The van der Waals surface area contributed by atoms with Crippen LogP contribution in [-0.4, -0.2) is 29.5 Å². The number of hydrogen-bond acceptors (Lipinski definition) is 5. The van der Waals surface area contributed by atoms with E-state index in [9.17, 15) is 10.1 Å². The number of anilines is 1. The summed E-state index contributed by atoms with van der Waals surface area (Å²) in [5.74, 6) is 1.41. The van der Waals surface area contributed by atoms with E-state index in [1.807, 2.05) is 11.8 Å². The smallest absolute Gasteiger partial charge is 0.311 e. The van der Waals surface area contributed by atoms with Crippen LogP contribution >= 0.6 is 0 Å². The molecule has 0 aliphatic carbocycles. The Bertz CT molecular complexity index is 478. The van der Waals surface area contributed by atoms with Crippen LogP contribution in [0, 0.1) is 28.9 Å². The molecule has 0 radical (unpaired) electrons. The first-order valence-electron chi connectivity index (χ1n) is 6.60. The molecule has 104 valence electrons. The van der Waals surface area contributed by atoms with E-state index in [0.29, 0.717) is 24.2 Å². The van der Waals surface area contributed by atoms with Crippen LogP contribution in [0.3, 0.4) is 0 Å². The van der Waals surface area contributed by atoms with Crippen LogP contribution < -0.4 is 10.6 Å². The topological polar surface area (TPSA) is 85.3 Å². The minimum Gasteiger partial charge on any atom is -0.351 e. The molecule has 2 unspecified atom stereocenters. The van der Waals surface area contributed by atoms with Crippen molar-refractivity contribution in [3.63, 3.8) is 0 Å². The Kier molecular flexibility index (Phi) is 3.99. The molecule has 6 nitrogen and oxygen atoms in total. The van der Waals surface area contributed by atoms with Crippen molar-refractivity contribution in [1.82, 2.24) is 4.98 Å². The van der Waals surface area contributed by atoms with Crippen molar-refractivity contribution in [2.24, 2.45) is 17.6 Å². The van der Waals surface area contributed by atoms with Crippen LogP contribution in [-0.2, 0) is 0 Å². The van der Waals surface area contributed by atoms with E-state index in [1.165, 1.54) is 6.07 Å². The van der Waals surface area contributed by atoms with Gasteiger partial charge in [-0.2, -0.15) is 0 Å². The summed E-state index contributed by atoms with van der Waals surface area (Å²) < 4.78 is 0. The van der Waals surface area contributed by atoms with Gasteiger partial charge in [0.25, 0.3) is 0 Å². The number of rotatable bonds is 3. The van der Waals surface area contributed by atoms with Gasteiger partial charge in [0, 0.05) is 24.8 Å². The predicted octanol–water partition coefficient (Wildman–Crippen LogP) is 1.72. The molecule has 19 heavy (non-hydrogen) atoms. The number of pyridine rings is 1. The molecule has 0 amide bonds. The summed E-state index contributed by atoms with van der Waals surface area (Å²) in [6.07, 6.45) is 0.995.